The summed E-state index contributed by atoms with van der Waals surface area (Å²) < 4.78 is 5.19. The maximum Gasteiger partial charge on any atom is 0.309 e. The lowest BCUT2D eigenvalue weighted by Gasteiger charge is -2.21. The molecule has 0 bridgehead atoms. The lowest BCUT2D eigenvalue weighted by molar-refractivity contribution is -0.148. The van der Waals surface area contributed by atoms with Crippen LogP contribution in [0.25, 0.3) is 5.57 Å². The number of nitrogens with zero attached hydrogens (tertiary/aromatic N) is 1. The molecule has 1 aliphatic carbocycles. The van der Waals surface area contributed by atoms with Gasteiger partial charge < -0.3 is 10.5 Å². The van der Waals surface area contributed by atoms with Gasteiger partial charge in [0.25, 0.3) is 0 Å². The van der Waals surface area contributed by atoms with Gasteiger partial charge in [-0.05, 0) is 43.4 Å². The van der Waals surface area contributed by atoms with Crippen LogP contribution in [0.15, 0.2) is 24.4 Å². The molecule has 2 rings (SSSR count). The summed E-state index contributed by atoms with van der Waals surface area (Å²) in [5.74, 6) is 0.477. The molecule has 1 aliphatic rings. The van der Waals surface area contributed by atoms with E-state index in [1.165, 1.54) is 5.57 Å². The van der Waals surface area contributed by atoms with Crippen molar-refractivity contribution >= 4 is 17.4 Å². The molecule has 0 amide bonds. The third-order valence-electron chi connectivity index (χ3n) is 3.38. The predicted molar refractivity (Wildman–Crippen MR) is 75.2 cm³/mol. The largest absolute Gasteiger partial charge is 0.465 e. The summed E-state index contributed by atoms with van der Waals surface area (Å²) in [5, 5.41) is 0. The quantitative estimate of drug-likeness (QED) is 0.845. The minimum Gasteiger partial charge on any atom is -0.465 e. The first-order valence-corrected chi connectivity index (χ1v) is 6.79. The Balaban J connectivity index is 2.00. The Hall–Kier alpha value is -1.84. The number of nitrogen functional groups attached to an aromatic ring is 1. The van der Waals surface area contributed by atoms with Gasteiger partial charge in [0.05, 0.1) is 12.5 Å². The molecule has 102 valence electrons. The van der Waals surface area contributed by atoms with Crippen molar-refractivity contribution in [2.24, 2.45) is 5.92 Å². The van der Waals surface area contributed by atoms with Gasteiger partial charge in [-0.1, -0.05) is 13.0 Å². The van der Waals surface area contributed by atoms with Crippen LogP contribution in [-0.2, 0) is 9.53 Å². The maximum absolute atomic E-state index is 11.8. The van der Waals surface area contributed by atoms with E-state index in [0.29, 0.717) is 12.4 Å². The molecular formula is C15H20N2O2. The highest BCUT2D eigenvalue weighted by molar-refractivity contribution is 5.77. The van der Waals surface area contributed by atoms with Gasteiger partial charge in [0.15, 0.2) is 0 Å². The van der Waals surface area contributed by atoms with E-state index in [4.69, 9.17) is 10.5 Å². The van der Waals surface area contributed by atoms with Crippen molar-refractivity contribution < 1.29 is 9.53 Å². The van der Waals surface area contributed by atoms with Crippen LogP contribution in [0.3, 0.4) is 0 Å². The van der Waals surface area contributed by atoms with Crippen molar-refractivity contribution in [1.29, 1.82) is 0 Å². The third-order valence-corrected chi connectivity index (χ3v) is 3.38. The Kier molecular flexibility index (Phi) is 4.55. The normalized spacial score (nSPS) is 18.8. The molecule has 0 saturated heterocycles. The second kappa shape index (κ2) is 6.36. The first-order chi connectivity index (χ1) is 9.22. The topological polar surface area (TPSA) is 65.2 Å². The first-order valence-electron chi connectivity index (χ1n) is 6.79. The number of aromatic nitrogens is 1. The summed E-state index contributed by atoms with van der Waals surface area (Å²) in [7, 11) is 0. The fraction of sp³-hybridized carbons (Fsp3) is 0.467. The SMILES string of the molecule is CCCOC(=O)C1CC=C(c2cccnc2N)CC1. The second-order valence-electron chi connectivity index (χ2n) is 4.80. The molecular weight excluding hydrogens is 240 g/mol. The molecule has 1 aromatic heterocycles. The van der Waals surface area contributed by atoms with E-state index in [2.05, 4.69) is 11.1 Å². The van der Waals surface area contributed by atoms with Gasteiger partial charge in [-0.25, -0.2) is 4.98 Å². The van der Waals surface area contributed by atoms with Gasteiger partial charge in [-0.2, -0.15) is 0 Å². The van der Waals surface area contributed by atoms with Crippen LogP contribution in [-0.4, -0.2) is 17.6 Å². The molecule has 0 aromatic carbocycles. The van der Waals surface area contributed by atoms with Crippen molar-refractivity contribution in [1.82, 2.24) is 4.98 Å². The molecule has 0 saturated carbocycles. The van der Waals surface area contributed by atoms with Gasteiger partial charge in [0.2, 0.25) is 0 Å². The number of hydrogen-bond donors (Lipinski definition) is 1. The average Bonchev–Trinajstić information content (AvgIpc) is 2.45. The zero-order valence-corrected chi connectivity index (χ0v) is 11.3. The summed E-state index contributed by atoms with van der Waals surface area (Å²) in [5.41, 5.74) is 8.04. The van der Waals surface area contributed by atoms with Gasteiger partial charge in [0, 0.05) is 11.8 Å². The molecule has 1 unspecified atom stereocenters. The standard InChI is InChI=1S/C15H20N2O2/c1-2-10-19-15(18)12-7-5-11(6-8-12)13-4-3-9-17-14(13)16/h3-5,9,12H,2,6-8,10H2,1H3,(H2,16,17). The number of hydrogen-bond acceptors (Lipinski definition) is 4. The van der Waals surface area contributed by atoms with E-state index in [-0.39, 0.29) is 11.9 Å². The minimum absolute atomic E-state index is 0.00630. The van der Waals surface area contributed by atoms with Crippen molar-refractivity contribution in [2.75, 3.05) is 12.3 Å². The van der Waals surface area contributed by atoms with E-state index in [1.54, 1.807) is 6.20 Å². The number of allylic oxidation sites excluding steroid dienone is 2. The van der Waals surface area contributed by atoms with Crippen molar-refractivity contribution in [3.63, 3.8) is 0 Å². The number of rotatable bonds is 4. The highest BCUT2D eigenvalue weighted by atomic mass is 16.5. The van der Waals surface area contributed by atoms with Crippen LogP contribution in [0.4, 0.5) is 5.82 Å². The molecule has 1 aromatic rings. The molecule has 19 heavy (non-hydrogen) atoms. The van der Waals surface area contributed by atoms with E-state index < -0.39 is 0 Å². The Morgan fingerprint density at radius 1 is 1.58 bits per heavy atom. The number of pyridine rings is 1. The summed E-state index contributed by atoms with van der Waals surface area (Å²) in [4.78, 5) is 15.9. The number of nitrogens with two attached hydrogens (primary N) is 1. The number of carbonyl (C=O) groups excluding carboxylic acids is 1. The number of esters is 1. The zero-order chi connectivity index (χ0) is 13.7. The maximum atomic E-state index is 11.8. The van der Waals surface area contributed by atoms with E-state index in [1.807, 2.05) is 19.1 Å². The van der Waals surface area contributed by atoms with Crippen molar-refractivity contribution in [3.05, 3.63) is 30.0 Å². The highest BCUT2D eigenvalue weighted by Gasteiger charge is 2.23. The molecule has 2 N–H and O–H groups in total. The van der Waals surface area contributed by atoms with E-state index >= 15 is 0 Å². The van der Waals surface area contributed by atoms with Crippen molar-refractivity contribution in [2.45, 2.75) is 32.6 Å². The Morgan fingerprint density at radius 2 is 2.42 bits per heavy atom. The molecule has 1 heterocycles. The summed E-state index contributed by atoms with van der Waals surface area (Å²) >= 11 is 0. The van der Waals surface area contributed by atoms with Crippen LogP contribution in [0.5, 0.6) is 0 Å². The molecule has 0 fully saturated rings. The molecule has 0 radical (unpaired) electrons. The van der Waals surface area contributed by atoms with E-state index in [0.717, 1.165) is 31.2 Å². The van der Waals surface area contributed by atoms with Crippen LogP contribution < -0.4 is 5.73 Å². The first kappa shape index (κ1) is 13.6. The number of ether oxygens (including phenoxy) is 1. The minimum atomic E-state index is -0.0729. The fourth-order valence-corrected chi connectivity index (χ4v) is 2.30. The van der Waals surface area contributed by atoms with Crippen molar-refractivity contribution in [3.8, 4) is 0 Å². The molecule has 4 heteroatoms. The Bertz CT molecular complexity index is 483. The van der Waals surface area contributed by atoms with Gasteiger partial charge >= 0.3 is 5.97 Å². The number of carbonyl (C=O) groups is 1. The molecule has 4 nitrogen and oxygen atoms in total. The summed E-state index contributed by atoms with van der Waals surface area (Å²) in [6, 6.07) is 3.86. The monoisotopic (exact) mass is 260 g/mol. The predicted octanol–water partition coefficient (Wildman–Crippen LogP) is 2.80. The highest BCUT2D eigenvalue weighted by Crippen LogP contribution is 2.32. The average molecular weight is 260 g/mol. The molecule has 0 spiro atoms. The van der Waals surface area contributed by atoms with Gasteiger partial charge in [-0.15, -0.1) is 0 Å². The Labute approximate surface area is 113 Å². The smallest absolute Gasteiger partial charge is 0.309 e. The summed E-state index contributed by atoms with van der Waals surface area (Å²) in [6.45, 7) is 2.51. The van der Waals surface area contributed by atoms with Gasteiger partial charge in [0.1, 0.15) is 5.82 Å². The zero-order valence-electron chi connectivity index (χ0n) is 11.3. The van der Waals surface area contributed by atoms with Crippen LogP contribution in [0.2, 0.25) is 0 Å². The lowest BCUT2D eigenvalue weighted by atomic mass is 9.87. The lowest BCUT2D eigenvalue weighted by Crippen LogP contribution is -2.20. The Morgan fingerprint density at radius 3 is 3.05 bits per heavy atom. The second-order valence-corrected chi connectivity index (χ2v) is 4.80. The summed E-state index contributed by atoms with van der Waals surface area (Å²) in [6.07, 6.45) is 7.05. The molecule has 0 aliphatic heterocycles. The number of anilines is 1. The molecule has 1 atom stereocenters. The van der Waals surface area contributed by atoms with Crippen LogP contribution in [0, 0.1) is 5.92 Å². The van der Waals surface area contributed by atoms with Gasteiger partial charge in [-0.3, -0.25) is 4.79 Å². The van der Waals surface area contributed by atoms with Crippen LogP contribution in [0.1, 0.15) is 38.2 Å². The fourth-order valence-electron chi connectivity index (χ4n) is 2.30. The third kappa shape index (κ3) is 3.34. The van der Waals surface area contributed by atoms with E-state index in [9.17, 15) is 4.79 Å². The van der Waals surface area contributed by atoms with Crippen LogP contribution >= 0.6 is 0 Å².